The van der Waals surface area contributed by atoms with E-state index >= 15 is 0 Å². The summed E-state index contributed by atoms with van der Waals surface area (Å²) in [4.78, 5) is 0. The molecule has 0 unspecified atom stereocenters. The van der Waals surface area contributed by atoms with E-state index in [1.54, 1.807) is 0 Å². The molecule has 0 radical (unpaired) electrons. The van der Waals surface area contributed by atoms with Crippen molar-refractivity contribution in [1.29, 1.82) is 0 Å². The van der Waals surface area contributed by atoms with Crippen molar-refractivity contribution in [3.63, 3.8) is 0 Å². The van der Waals surface area contributed by atoms with E-state index in [9.17, 15) is 13.2 Å². The molecule has 0 bridgehead atoms. The van der Waals surface area contributed by atoms with Crippen molar-refractivity contribution in [3.05, 3.63) is 65.7 Å². The molecule has 3 rings (SSSR count). The minimum Gasteiger partial charge on any atom is -1.00 e. The molecule has 23 heavy (non-hydrogen) atoms. The second-order valence-corrected chi connectivity index (χ2v) is 4.92. The summed E-state index contributed by atoms with van der Waals surface area (Å²) in [6.45, 7) is 2.01. The first kappa shape index (κ1) is 22.3. The number of hydrogen-bond acceptors (Lipinski definition) is 0. The summed E-state index contributed by atoms with van der Waals surface area (Å²) in [6, 6.07) is 15.3. The zero-order valence-electron chi connectivity index (χ0n) is 12.1. The Morgan fingerprint density at radius 3 is 2.09 bits per heavy atom. The van der Waals surface area contributed by atoms with Gasteiger partial charge < -0.3 is 24.8 Å². The maximum Gasteiger partial charge on any atom is 0.416 e. The first-order valence-electron chi connectivity index (χ1n) is 6.29. The average molecular weight is 523 g/mol. The van der Waals surface area contributed by atoms with E-state index in [1.807, 2.05) is 25.1 Å². The van der Waals surface area contributed by atoms with Crippen molar-refractivity contribution in [2.75, 3.05) is 0 Å². The van der Waals surface area contributed by atoms with E-state index in [0.717, 1.165) is 39.6 Å². The third-order valence-electron chi connectivity index (χ3n) is 3.42. The van der Waals surface area contributed by atoms with Gasteiger partial charge in [-0.15, -0.1) is 34.5 Å². The monoisotopic (exact) mass is 523 g/mol. The molecule has 3 aromatic rings. The van der Waals surface area contributed by atoms with Gasteiger partial charge in [0.25, 0.3) is 0 Å². The summed E-state index contributed by atoms with van der Waals surface area (Å²) < 4.78 is 37.7. The Morgan fingerprint density at radius 2 is 1.52 bits per heavy atom. The molecule has 122 valence electrons. The van der Waals surface area contributed by atoms with Crippen LogP contribution in [0.4, 0.5) is 13.2 Å². The van der Waals surface area contributed by atoms with Gasteiger partial charge in [0.15, 0.2) is 0 Å². The molecule has 0 heterocycles. The zero-order chi connectivity index (χ0) is 14.3. The van der Waals surface area contributed by atoms with E-state index in [0.29, 0.717) is 0 Å². The summed E-state index contributed by atoms with van der Waals surface area (Å²) in [5.74, 6) is 0. The average Bonchev–Trinajstić information content (AvgIpc) is 2.78. The second kappa shape index (κ2) is 8.41. The Morgan fingerprint density at radius 1 is 0.913 bits per heavy atom. The minimum atomic E-state index is -4.29. The fourth-order valence-corrected chi connectivity index (χ4v) is 2.48. The molecule has 0 saturated carbocycles. The van der Waals surface area contributed by atoms with Gasteiger partial charge >= 0.3 is 6.18 Å². The van der Waals surface area contributed by atoms with E-state index in [1.165, 1.54) is 12.1 Å². The van der Waals surface area contributed by atoms with E-state index < -0.39 is 11.7 Å². The van der Waals surface area contributed by atoms with Gasteiger partial charge in [-0.2, -0.15) is 19.2 Å². The van der Waals surface area contributed by atoms with Crippen LogP contribution in [0.5, 0.6) is 0 Å². The van der Waals surface area contributed by atoms with Crippen molar-refractivity contribution in [1.82, 2.24) is 0 Å². The van der Waals surface area contributed by atoms with Crippen LogP contribution in [0.15, 0.2) is 54.6 Å². The fourth-order valence-electron chi connectivity index (χ4n) is 2.48. The number of halogens is 5. The van der Waals surface area contributed by atoms with Crippen LogP contribution in [0, 0.1) is 6.92 Å². The van der Waals surface area contributed by atoms with Crippen LogP contribution in [-0.2, 0) is 32.0 Å². The van der Waals surface area contributed by atoms with Gasteiger partial charge in [0, 0.05) is 25.8 Å². The van der Waals surface area contributed by atoms with Crippen molar-refractivity contribution in [3.8, 4) is 11.1 Å². The Kier molecular flexibility index (Phi) is 8.15. The molecular weight excluding hydrogens is 511 g/mol. The SMILES string of the molecule is Cc1cc2c(-c3ccc(C(F)(F)F)cc3)cccc2[cH-]1.[Cl-].[Cl-].[Hf]. The van der Waals surface area contributed by atoms with Crippen LogP contribution in [0.1, 0.15) is 11.1 Å². The molecule has 3 aromatic carbocycles. The maximum atomic E-state index is 12.6. The van der Waals surface area contributed by atoms with Gasteiger partial charge in [-0.3, -0.25) is 0 Å². The standard InChI is InChI=1S/C17H12F3.2ClH.Hf/c1-11-9-13-3-2-4-15(16(13)10-11)12-5-7-14(8-6-12)17(18,19)20;;;/h2-10H,1H3;2*1H;/q-1;;;/p-2. The van der Waals surface area contributed by atoms with E-state index in [2.05, 4.69) is 12.1 Å². The number of alkyl halides is 3. The Hall–Kier alpha value is -0.710. The van der Waals surface area contributed by atoms with Crippen molar-refractivity contribution in [2.24, 2.45) is 0 Å². The number of hydrogen-bond donors (Lipinski definition) is 0. The Labute approximate surface area is 164 Å². The molecule has 0 aliphatic heterocycles. The van der Waals surface area contributed by atoms with Gasteiger partial charge in [-0.25, -0.2) is 0 Å². The van der Waals surface area contributed by atoms with Gasteiger partial charge in [0.1, 0.15) is 0 Å². The maximum absolute atomic E-state index is 12.6. The van der Waals surface area contributed by atoms with Crippen LogP contribution >= 0.6 is 0 Å². The molecule has 0 aromatic heterocycles. The van der Waals surface area contributed by atoms with Crippen LogP contribution in [-0.4, -0.2) is 0 Å². The summed E-state index contributed by atoms with van der Waals surface area (Å²) in [6.07, 6.45) is -4.29. The fraction of sp³-hybridized carbons (Fsp3) is 0.118. The van der Waals surface area contributed by atoms with Crippen LogP contribution in [0.3, 0.4) is 0 Å². The van der Waals surface area contributed by atoms with Crippen molar-refractivity contribution in [2.45, 2.75) is 13.1 Å². The largest absolute Gasteiger partial charge is 1.00 e. The van der Waals surface area contributed by atoms with Crippen LogP contribution in [0.25, 0.3) is 21.9 Å². The predicted octanol–water partition coefficient (Wildman–Crippen LogP) is -0.442. The third-order valence-corrected chi connectivity index (χ3v) is 3.42. The number of benzene rings is 2. The first-order valence-corrected chi connectivity index (χ1v) is 6.29. The van der Waals surface area contributed by atoms with Gasteiger partial charge in [0.05, 0.1) is 5.56 Å². The topological polar surface area (TPSA) is 0 Å². The van der Waals surface area contributed by atoms with Crippen molar-refractivity contribution >= 4 is 10.8 Å². The van der Waals surface area contributed by atoms with Gasteiger partial charge in [-0.1, -0.05) is 30.7 Å². The zero-order valence-corrected chi connectivity index (χ0v) is 17.2. The minimum absolute atomic E-state index is 0. The van der Waals surface area contributed by atoms with Gasteiger partial charge in [0.2, 0.25) is 0 Å². The molecule has 0 nitrogen and oxygen atoms in total. The molecule has 0 spiro atoms. The molecule has 0 N–H and O–H groups in total. The Bertz CT molecular complexity index is 762. The van der Waals surface area contributed by atoms with Gasteiger partial charge in [-0.05, 0) is 17.7 Å². The summed E-state index contributed by atoms with van der Waals surface area (Å²) in [5.41, 5.74) is 2.30. The molecule has 0 aliphatic carbocycles. The van der Waals surface area contributed by atoms with E-state index in [-0.39, 0.29) is 50.7 Å². The third kappa shape index (κ3) is 4.65. The quantitative estimate of drug-likeness (QED) is 0.300. The summed E-state index contributed by atoms with van der Waals surface area (Å²) in [5, 5.41) is 2.18. The molecule has 0 fully saturated rings. The number of rotatable bonds is 1. The van der Waals surface area contributed by atoms with E-state index in [4.69, 9.17) is 0 Å². The molecule has 0 saturated heterocycles. The number of aryl methyl sites for hydroxylation is 1. The second-order valence-electron chi connectivity index (χ2n) is 4.92. The molecule has 6 heteroatoms. The predicted molar refractivity (Wildman–Crippen MR) is 74.7 cm³/mol. The molecule has 0 amide bonds. The molecule has 0 aliphatic rings. The first-order chi connectivity index (χ1) is 9.45. The number of fused-ring (bicyclic) bond motifs is 1. The van der Waals surface area contributed by atoms with Crippen molar-refractivity contribution < 1.29 is 63.8 Å². The molecular formula is C17H12Cl2F3Hf-3. The van der Waals surface area contributed by atoms with Crippen LogP contribution in [0.2, 0.25) is 0 Å². The smallest absolute Gasteiger partial charge is 0.416 e. The summed E-state index contributed by atoms with van der Waals surface area (Å²) in [7, 11) is 0. The Balaban J connectivity index is 0.00000161. The van der Waals surface area contributed by atoms with Crippen LogP contribution < -0.4 is 24.8 Å². The summed E-state index contributed by atoms with van der Waals surface area (Å²) >= 11 is 0. The normalized spacial score (nSPS) is 10.4. The molecule has 0 atom stereocenters.